The number of nitrogens with zero attached hydrogens (tertiary/aromatic N) is 2. The van der Waals surface area contributed by atoms with Crippen molar-refractivity contribution in [3.8, 4) is 0 Å². The third-order valence-electron chi connectivity index (χ3n) is 3.00. The van der Waals surface area contributed by atoms with Gasteiger partial charge in [0.15, 0.2) is 0 Å². The monoisotopic (exact) mass is 254 g/mol. The molecule has 0 bridgehead atoms. The van der Waals surface area contributed by atoms with Gasteiger partial charge in [0.25, 0.3) is 0 Å². The maximum absolute atomic E-state index is 11.4. The van der Waals surface area contributed by atoms with Crippen LogP contribution in [0.2, 0.25) is 5.15 Å². The van der Waals surface area contributed by atoms with Crippen molar-refractivity contribution in [1.29, 1.82) is 0 Å². The number of ether oxygens (including phenoxy) is 1. The Labute approximate surface area is 106 Å². The molecule has 2 rings (SSSR count). The van der Waals surface area contributed by atoms with Crippen LogP contribution < -0.4 is 0 Å². The van der Waals surface area contributed by atoms with Gasteiger partial charge >= 0.3 is 5.97 Å². The zero-order valence-corrected chi connectivity index (χ0v) is 10.5. The van der Waals surface area contributed by atoms with Crippen LogP contribution in [0.1, 0.15) is 12.0 Å². The van der Waals surface area contributed by atoms with Crippen LogP contribution in [-0.2, 0) is 16.1 Å². The molecule has 0 amide bonds. The molecule has 1 unspecified atom stereocenters. The summed E-state index contributed by atoms with van der Waals surface area (Å²) in [5, 5.41) is 0.502. The summed E-state index contributed by atoms with van der Waals surface area (Å²) in [5.74, 6) is -0.0954. The van der Waals surface area contributed by atoms with Crippen molar-refractivity contribution in [3.05, 3.63) is 29.0 Å². The fourth-order valence-electron chi connectivity index (χ4n) is 2.09. The number of rotatable bonds is 3. The minimum absolute atomic E-state index is 0.0141. The molecule has 0 aliphatic carbocycles. The summed E-state index contributed by atoms with van der Waals surface area (Å²) in [6.07, 6.45) is 2.64. The molecule has 2 heterocycles. The highest BCUT2D eigenvalue weighted by Crippen LogP contribution is 2.19. The van der Waals surface area contributed by atoms with Crippen molar-refractivity contribution < 1.29 is 9.53 Å². The zero-order valence-electron chi connectivity index (χ0n) is 9.73. The molecule has 1 fully saturated rings. The van der Waals surface area contributed by atoms with E-state index in [1.165, 1.54) is 7.11 Å². The lowest BCUT2D eigenvalue weighted by Crippen LogP contribution is -2.23. The summed E-state index contributed by atoms with van der Waals surface area (Å²) >= 11 is 5.73. The van der Waals surface area contributed by atoms with Crippen LogP contribution in [-0.4, -0.2) is 36.1 Å². The zero-order chi connectivity index (χ0) is 12.3. The van der Waals surface area contributed by atoms with Crippen molar-refractivity contribution in [2.24, 2.45) is 5.92 Å². The summed E-state index contributed by atoms with van der Waals surface area (Å²) in [6, 6.07) is 3.74. The molecule has 0 N–H and O–H groups in total. The predicted octanol–water partition coefficient (Wildman–Crippen LogP) is 1.73. The summed E-state index contributed by atoms with van der Waals surface area (Å²) in [5.41, 5.74) is 1.11. The average Bonchev–Trinajstić information content (AvgIpc) is 2.80. The normalized spacial score (nSPS) is 20.5. The molecule has 17 heavy (non-hydrogen) atoms. The van der Waals surface area contributed by atoms with Gasteiger partial charge in [-0.3, -0.25) is 9.69 Å². The lowest BCUT2D eigenvalue weighted by Gasteiger charge is -2.15. The van der Waals surface area contributed by atoms with Crippen LogP contribution in [0.25, 0.3) is 0 Å². The molecule has 5 heteroatoms. The number of pyridine rings is 1. The smallest absolute Gasteiger partial charge is 0.310 e. The van der Waals surface area contributed by atoms with Crippen LogP contribution in [0.3, 0.4) is 0 Å². The van der Waals surface area contributed by atoms with Crippen LogP contribution in [0.4, 0.5) is 0 Å². The van der Waals surface area contributed by atoms with Gasteiger partial charge in [-0.2, -0.15) is 0 Å². The first-order valence-corrected chi connectivity index (χ1v) is 5.97. The number of likely N-dealkylation sites (tertiary alicyclic amines) is 1. The number of esters is 1. The first-order chi connectivity index (χ1) is 8.19. The lowest BCUT2D eigenvalue weighted by atomic mass is 10.1. The van der Waals surface area contributed by atoms with E-state index in [0.717, 1.165) is 31.6 Å². The Morgan fingerprint density at radius 2 is 2.47 bits per heavy atom. The topological polar surface area (TPSA) is 42.4 Å². The molecule has 92 valence electrons. The molecule has 1 saturated heterocycles. The second-order valence-electron chi connectivity index (χ2n) is 4.23. The quantitative estimate of drug-likeness (QED) is 0.609. The van der Waals surface area contributed by atoms with Crippen LogP contribution in [0, 0.1) is 5.92 Å². The molecular formula is C12H15ClN2O2. The van der Waals surface area contributed by atoms with Gasteiger partial charge in [-0.1, -0.05) is 17.7 Å². The standard InChI is InChI=1S/C12H15ClN2O2/c1-17-12(16)10-4-5-15(8-10)7-9-2-3-11(13)14-6-9/h2-3,6,10H,4-5,7-8H2,1H3. The van der Waals surface area contributed by atoms with E-state index in [9.17, 15) is 4.79 Å². The number of halogens is 1. The Morgan fingerprint density at radius 3 is 3.12 bits per heavy atom. The van der Waals surface area contributed by atoms with Crippen LogP contribution in [0.15, 0.2) is 18.3 Å². The Hall–Kier alpha value is -1.13. The Kier molecular flexibility index (Phi) is 3.97. The first kappa shape index (κ1) is 12.3. The van der Waals surface area contributed by atoms with E-state index < -0.39 is 0 Å². The lowest BCUT2D eigenvalue weighted by molar-refractivity contribution is -0.144. The average molecular weight is 255 g/mol. The van der Waals surface area contributed by atoms with Crippen molar-refractivity contribution in [3.63, 3.8) is 0 Å². The number of carbonyl (C=O) groups is 1. The predicted molar refractivity (Wildman–Crippen MR) is 64.6 cm³/mol. The SMILES string of the molecule is COC(=O)C1CCN(Cc2ccc(Cl)nc2)C1. The van der Waals surface area contributed by atoms with Crippen molar-refractivity contribution in [2.45, 2.75) is 13.0 Å². The van der Waals surface area contributed by atoms with Gasteiger partial charge in [-0.15, -0.1) is 0 Å². The number of carbonyl (C=O) groups excluding carboxylic acids is 1. The second kappa shape index (κ2) is 5.47. The molecule has 0 aromatic carbocycles. The Morgan fingerprint density at radius 1 is 1.65 bits per heavy atom. The third kappa shape index (κ3) is 3.17. The van der Waals surface area contributed by atoms with Crippen LogP contribution in [0.5, 0.6) is 0 Å². The number of hydrogen-bond acceptors (Lipinski definition) is 4. The third-order valence-corrected chi connectivity index (χ3v) is 3.23. The summed E-state index contributed by atoms with van der Waals surface area (Å²) in [7, 11) is 1.44. The molecule has 4 nitrogen and oxygen atoms in total. The molecule has 1 aromatic rings. The van der Waals surface area contributed by atoms with E-state index in [1.807, 2.05) is 6.07 Å². The molecule has 0 spiro atoms. The van der Waals surface area contributed by atoms with Gasteiger partial charge in [0.2, 0.25) is 0 Å². The molecule has 0 saturated carbocycles. The fourth-order valence-corrected chi connectivity index (χ4v) is 2.21. The van der Waals surface area contributed by atoms with Gasteiger partial charge in [0.1, 0.15) is 5.15 Å². The highest BCUT2D eigenvalue weighted by Gasteiger charge is 2.28. The highest BCUT2D eigenvalue weighted by atomic mass is 35.5. The van der Waals surface area contributed by atoms with Crippen LogP contribution >= 0.6 is 11.6 Å². The van der Waals surface area contributed by atoms with E-state index >= 15 is 0 Å². The number of hydrogen-bond donors (Lipinski definition) is 0. The highest BCUT2D eigenvalue weighted by molar-refractivity contribution is 6.29. The van der Waals surface area contributed by atoms with Gasteiger partial charge in [0.05, 0.1) is 13.0 Å². The fraction of sp³-hybridized carbons (Fsp3) is 0.500. The van der Waals surface area contributed by atoms with E-state index in [0.29, 0.717) is 5.15 Å². The first-order valence-electron chi connectivity index (χ1n) is 5.59. The molecular weight excluding hydrogens is 240 g/mol. The van der Waals surface area contributed by atoms with E-state index in [-0.39, 0.29) is 11.9 Å². The number of methoxy groups -OCH3 is 1. The van der Waals surface area contributed by atoms with E-state index in [1.54, 1.807) is 12.3 Å². The van der Waals surface area contributed by atoms with E-state index in [2.05, 4.69) is 9.88 Å². The van der Waals surface area contributed by atoms with Crippen molar-refractivity contribution >= 4 is 17.6 Å². The van der Waals surface area contributed by atoms with Gasteiger partial charge in [-0.25, -0.2) is 4.98 Å². The Bertz CT molecular complexity index is 394. The number of aromatic nitrogens is 1. The minimum atomic E-state index is -0.110. The summed E-state index contributed by atoms with van der Waals surface area (Å²) in [4.78, 5) is 17.6. The molecule has 1 atom stereocenters. The molecule has 1 aromatic heterocycles. The Balaban J connectivity index is 1.89. The van der Waals surface area contributed by atoms with Gasteiger partial charge in [0, 0.05) is 19.3 Å². The molecule has 0 radical (unpaired) electrons. The second-order valence-corrected chi connectivity index (χ2v) is 4.62. The summed E-state index contributed by atoms with van der Waals surface area (Å²) in [6.45, 7) is 2.48. The largest absolute Gasteiger partial charge is 0.469 e. The van der Waals surface area contributed by atoms with Crippen molar-refractivity contribution in [1.82, 2.24) is 9.88 Å². The van der Waals surface area contributed by atoms with Gasteiger partial charge in [-0.05, 0) is 24.6 Å². The maximum Gasteiger partial charge on any atom is 0.310 e. The van der Waals surface area contributed by atoms with Crippen molar-refractivity contribution in [2.75, 3.05) is 20.2 Å². The minimum Gasteiger partial charge on any atom is -0.469 e. The maximum atomic E-state index is 11.4. The molecule has 1 aliphatic rings. The summed E-state index contributed by atoms with van der Waals surface area (Å²) < 4.78 is 4.75. The van der Waals surface area contributed by atoms with Gasteiger partial charge < -0.3 is 4.74 Å². The molecule has 1 aliphatic heterocycles. The van der Waals surface area contributed by atoms with E-state index in [4.69, 9.17) is 16.3 Å².